The van der Waals surface area contributed by atoms with Crippen LogP contribution in [0.5, 0.6) is 0 Å². The molecule has 0 nitrogen and oxygen atoms in total. The molecular formula is C6H12Br. The summed E-state index contributed by atoms with van der Waals surface area (Å²) in [5.41, 5.74) is 0. The highest BCUT2D eigenvalue weighted by Gasteiger charge is 1.90. The Morgan fingerprint density at radius 2 is 2.29 bits per heavy atom. The summed E-state index contributed by atoms with van der Waals surface area (Å²) in [6.45, 7) is 5.90. The summed E-state index contributed by atoms with van der Waals surface area (Å²) in [4.78, 5) is 0.675. The van der Waals surface area contributed by atoms with Crippen LogP contribution in [0.4, 0.5) is 0 Å². The van der Waals surface area contributed by atoms with Crippen molar-refractivity contribution in [3.63, 3.8) is 0 Å². The molecule has 0 saturated carbocycles. The van der Waals surface area contributed by atoms with Gasteiger partial charge in [0.25, 0.3) is 0 Å². The van der Waals surface area contributed by atoms with Gasteiger partial charge in [-0.25, -0.2) is 0 Å². The number of hydrogen-bond acceptors (Lipinski definition) is 0. The summed E-state index contributed by atoms with van der Waals surface area (Å²) < 4.78 is 0. The molecule has 0 aliphatic carbocycles. The van der Waals surface area contributed by atoms with Crippen molar-refractivity contribution in [2.45, 2.75) is 31.0 Å². The zero-order chi connectivity index (χ0) is 5.70. The Labute approximate surface area is 54.4 Å². The van der Waals surface area contributed by atoms with E-state index in [1.54, 1.807) is 0 Å². The lowest BCUT2D eigenvalue weighted by molar-refractivity contribution is 0.748. The van der Waals surface area contributed by atoms with Crippen molar-refractivity contribution in [1.29, 1.82) is 0 Å². The summed E-state index contributed by atoms with van der Waals surface area (Å²) in [5, 5.41) is 0. The lowest BCUT2D eigenvalue weighted by atomic mass is 10.2. The molecule has 7 heavy (non-hydrogen) atoms. The first-order chi connectivity index (χ1) is 3.27. The first kappa shape index (κ1) is 7.48. The van der Waals surface area contributed by atoms with Gasteiger partial charge in [0.2, 0.25) is 0 Å². The maximum atomic E-state index is 3.74. The maximum Gasteiger partial charge on any atom is 0.0117 e. The van der Waals surface area contributed by atoms with Crippen molar-refractivity contribution < 1.29 is 0 Å². The largest absolute Gasteiger partial charge is 0.0894 e. The summed E-state index contributed by atoms with van der Waals surface area (Å²) in [7, 11) is 0. The van der Waals surface area contributed by atoms with E-state index in [0.717, 1.165) is 6.42 Å². The van der Waals surface area contributed by atoms with Crippen LogP contribution in [0.25, 0.3) is 0 Å². The van der Waals surface area contributed by atoms with Crippen molar-refractivity contribution in [3.05, 3.63) is 6.92 Å². The van der Waals surface area contributed by atoms with Crippen LogP contribution < -0.4 is 0 Å². The third-order valence-electron chi connectivity index (χ3n) is 0.852. The first-order valence-electron chi connectivity index (χ1n) is 2.70. The fraction of sp³-hybridized carbons (Fsp3) is 0.833. The number of rotatable bonds is 3. The topological polar surface area (TPSA) is 0 Å². The first-order valence-corrected chi connectivity index (χ1v) is 3.62. The zero-order valence-corrected chi connectivity index (χ0v) is 6.37. The normalized spacial score (nSPS) is 14.1. The second kappa shape index (κ2) is 4.63. The van der Waals surface area contributed by atoms with Gasteiger partial charge in [-0.1, -0.05) is 42.6 Å². The molecule has 0 amide bonds. The monoisotopic (exact) mass is 163 g/mol. The van der Waals surface area contributed by atoms with Crippen molar-refractivity contribution in [2.24, 2.45) is 0 Å². The van der Waals surface area contributed by atoms with Crippen LogP contribution in [0.3, 0.4) is 0 Å². The Bertz CT molecular complexity index is 33.2. The van der Waals surface area contributed by atoms with Gasteiger partial charge < -0.3 is 0 Å². The number of alkyl halides is 1. The molecule has 1 radical (unpaired) electrons. The Morgan fingerprint density at radius 1 is 1.71 bits per heavy atom. The van der Waals surface area contributed by atoms with Gasteiger partial charge in [-0.3, -0.25) is 0 Å². The van der Waals surface area contributed by atoms with Crippen molar-refractivity contribution in [1.82, 2.24) is 0 Å². The standard InChI is InChI=1S/C6H12Br/c1-3-4-5-6(2)7/h6H,1,3-5H2,2H3. The molecule has 1 unspecified atom stereocenters. The van der Waals surface area contributed by atoms with E-state index in [4.69, 9.17) is 0 Å². The Balaban J connectivity index is 2.68. The fourth-order valence-electron chi connectivity index (χ4n) is 0.426. The molecule has 0 aliphatic heterocycles. The van der Waals surface area contributed by atoms with Crippen molar-refractivity contribution in [3.8, 4) is 0 Å². The van der Waals surface area contributed by atoms with Gasteiger partial charge in [-0.15, -0.1) is 0 Å². The minimum Gasteiger partial charge on any atom is -0.0894 e. The Hall–Kier alpha value is 0.480. The van der Waals surface area contributed by atoms with Gasteiger partial charge in [0, 0.05) is 4.83 Å². The highest BCUT2D eigenvalue weighted by atomic mass is 79.9. The van der Waals surface area contributed by atoms with E-state index in [9.17, 15) is 0 Å². The lowest BCUT2D eigenvalue weighted by Crippen LogP contribution is -1.86. The van der Waals surface area contributed by atoms with E-state index in [2.05, 4.69) is 29.8 Å². The summed E-state index contributed by atoms with van der Waals surface area (Å²) >= 11 is 3.45. The molecule has 1 heteroatoms. The summed E-state index contributed by atoms with van der Waals surface area (Å²) in [5.74, 6) is 0. The smallest absolute Gasteiger partial charge is 0.0117 e. The molecule has 0 heterocycles. The van der Waals surface area contributed by atoms with Gasteiger partial charge in [-0.05, 0) is 6.42 Å². The molecule has 0 saturated heterocycles. The fourth-order valence-corrected chi connectivity index (χ4v) is 0.749. The summed E-state index contributed by atoms with van der Waals surface area (Å²) in [6.07, 6.45) is 3.56. The van der Waals surface area contributed by atoms with Crippen molar-refractivity contribution >= 4 is 15.9 Å². The SMILES string of the molecule is [CH2]CCCC(C)Br. The predicted molar refractivity (Wildman–Crippen MR) is 37.6 cm³/mol. The van der Waals surface area contributed by atoms with Gasteiger partial charge >= 0.3 is 0 Å². The molecule has 0 N–H and O–H groups in total. The molecule has 0 bridgehead atoms. The van der Waals surface area contributed by atoms with Gasteiger partial charge in [0.05, 0.1) is 0 Å². The number of unbranched alkanes of at least 4 members (excludes halogenated alkanes) is 1. The van der Waals surface area contributed by atoms with E-state index in [1.165, 1.54) is 12.8 Å². The van der Waals surface area contributed by atoms with E-state index >= 15 is 0 Å². The zero-order valence-electron chi connectivity index (χ0n) is 4.78. The highest BCUT2D eigenvalue weighted by Crippen LogP contribution is 2.06. The number of hydrogen-bond donors (Lipinski definition) is 0. The third kappa shape index (κ3) is 6.48. The quantitative estimate of drug-likeness (QED) is 0.562. The second-order valence-electron chi connectivity index (χ2n) is 1.78. The van der Waals surface area contributed by atoms with E-state index in [0.29, 0.717) is 4.83 Å². The molecule has 0 aliphatic rings. The maximum absolute atomic E-state index is 3.74. The van der Waals surface area contributed by atoms with Crippen LogP contribution in [0.15, 0.2) is 0 Å². The average Bonchev–Trinajstić information content (AvgIpc) is 1.61. The highest BCUT2D eigenvalue weighted by molar-refractivity contribution is 9.09. The van der Waals surface area contributed by atoms with Gasteiger partial charge in [0.15, 0.2) is 0 Å². The van der Waals surface area contributed by atoms with Crippen LogP contribution in [-0.4, -0.2) is 4.83 Å². The van der Waals surface area contributed by atoms with E-state index in [1.807, 2.05) is 0 Å². The molecule has 43 valence electrons. The average molecular weight is 164 g/mol. The molecule has 0 fully saturated rings. The van der Waals surface area contributed by atoms with Crippen LogP contribution in [0, 0.1) is 6.92 Å². The Morgan fingerprint density at radius 3 is 2.43 bits per heavy atom. The second-order valence-corrected chi connectivity index (χ2v) is 3.34. The molecular weight excluding hydrogens is 152 g/mol. The molecule has 0 rings (SSSR count). The third-order valence-corrected chi connectivity index (χ3v) is 1.31. The van der Waals surface area contributed by atoms with E-state index < -0.39 is 0 Å². The van der Waals surface area contributed by atoms with Crippen LogP contribution in [0.1, 0.15) is 26.2 Å². The van der Waals surface area contributed by atoms with Crippen LogP contribution in [0.2, 0.25) is 0 Å². The Kier molecular flexibility index (Phi) is 4.95. The molecule has 0 aromatic heterocycles. The number of halogens is 1. The van der Waals surface area contributed by atoms with Gasteiger partial charge in [-0.2, -0.15) is 0 Å². The van der Waals surface area contributed by atoms with Gasteiger partial charge in [0.1, 0.15) is 0 Å². The molecule has 0 aromatic rings. The van der Waals surface area contributed by atoms with Crippen LogP contribution >= 0.6 is 15.9 Å². The van der Waals surface area contributed by atoms with Crippen LogP contribution in [-0.2, 0) is 0 Å². The predicted octanol–water partition coefficient (Wildman–Crippen LogP) is 2.77. The van der Waals surface area contributed by atoms with Crippen molar-refractivity contribution in [2.75, 3.05) is 0 Å². The minimum absolute atomic E-state index is 0.675. The minimum atomic E-state index is 0.675. The summed E-state index contributed by atoms with van der Waals surface area (Å²) in [6, 6.07) is 0. The molecule has 0 aromatic carbocycles. The lowest BCUT2D eigenvalue weighted by Gasteiger charge is -1.96. The molecule has 1 atom stereocenters. The molecule has 0 spiro atoms. The van der Waals surface area contributed by atoms with E-state index in [-0.39, 0.29) is 0 Å².